The van der Waals surface area contributed by atoms with E-state index < -0.39 is 0 Å². The molecule has 1 heterocycles. The number of hydrogen-bond donors (Lipinski definition) is 2. The van der Waals surface area contributed by atoms with Gasteiger partial charge in [-0.15, -0.1) is 0 Å². The Morgan fingerprint density at radius 2 is 2.13 bits per heavy atom. The van der Waals surface area contributed by atoms with Crippen LogP contribution >= 0.6 is 11.6 Å². The average Bonchev–Trinajstić information content (AvgIpc) is 2.71. The van der Waals surface area contributed by atoms with E-state index in [1.807, 2.05) is 24.3 Å². The molecule has 3 N–H and O–H groups in total. The summed E-state index contributed by atoms with van der Waals surface area (Å²) in [6.45, 7) is 1.14. The lowest BCUT2D eigenvalue weighted by atomic mass is 9.99. The van der Waals surface area contributed by atoms with Crippen molar-refractivity contribution in [1.29, 1.82) is 0 Å². The van der Waals surface area contributed by atoms with Crippen molar-refractivity contribution in [2.45, 2.75) is 31.3 Å². The molecule has 0 bridgehead atoms. The molecule has 0 amide bonds. The Labute approximate surface area is 95.8 Å². The van der Waals surface area contributed by atoms with Crippen LogP contribution < -0.4 is 11.1 Å². The summed E-state index contributed by atoms with van der Waals surface area (Å²) in [5.74, 6) is 0. The highest BCUT2D eigenvalue weighted by Crippen LogP contribution is 2.21. The molecule has 0 spiro atoms. The predicted molar refractivity (Wildman–Crippen MR) is 64.0 cm³/mol. The van der Waals surface area contributed by atoms with Gasteiger partial charge in [-0.3, -0.25) is 0 Å². The summed E-state index contributed by atoms with van der Waals surface area (Å²) in [7, 11) is 0. The minimum absolute atomic E-state index is 0.123. The molecule has 2 nitrogen and oxygen atoms in total. The Morgan fingerprint density at radius 1 is 1.40 bits per heavy atom. The highest BCUT2D eigenvalue weighted by atomic mass is 35.5. The van der Waals surface area contributed by atoms with Gasteiger partial charge in [-0.2, -0.15) is 0 Å². The zero-order valence-corrected chi connectivity index (χ0v) is 9.50. The van der Waals surface area contributed by atoms with Gasteiger partial charge in [0.2, 0.25) is 0 Å². The van der Waals surface area contributed by atoms with Gasteiger partial charge >= 0.3 is 0 Å². The summed E-state index contributed by atoms with van der Waals surface area (Å²) >= 11 is 5.83. The first-order valence-electron chi connectivity index (χ1n) is 5.50. The Kier molecular flexibility index (Phi) is 3.62. The lowest BCUT2D eigenvalue weighted by molar-refractivity contribution is 0.499. The van der Waals surface area contributed by atoms with Gasteiger partial charge < -0.3 is 11.1 Å². The molecule has 1 aromatic carbocycles. The van der Waals surface area contributed by atoms with Crippen molar-refractivity contribution < 1.29 is 0 Å². The topological polar surface area (TPSA) is 38.0 Å². The minimum Gasteiger partial charge on any atom is -0.324 e. The molecule has 2 rings (SSSR count). The normalized spacial score (nSPS) is 22.9. The summed E-state index contributed by atoms with van der Waals surface area (Å²) < 4.78 is 0. The summed E-state index contributed by atoms with van der Waals surface area (Å²) in [5.41, 5.74) is 7.32. The van der Waals surface area contributed by atoms with Gasteiger partial charge in [0.15, 0.2) is 0 Å². The summed E-state index contributed by atoms with van der Waals surface area (Å²) in [4.78, 5) is 0. The molecule has 0 aliphatic carbocycles. The third-order valence-electron chi connectivity index (χ3n) is 3.00. The van der Waals surface area contributed by atoms with Crippen LogP contribution in [0.1, 0.15) is 30.9 Å². The maximum atomic E-state index is 6.14. The van der Waals surface area contributed by atoms with Crippen molar-refractivity contribution in [1.82, 2.24) is 5.32 Å². The predicted octanol–water partition coefficient (Wildman–Crippen LogP) is 2.48. The lowest BCUT2D eigenvalue weighted by Gasteiger charge is -2.17. The monoisotopic (exact) mass is 224 g/mol. The molecule has 0 saturated carbocycles. The standard InChI is InChI=1S/C12H17ClN2/c13-10-5-3-9(4-6-10)12(14)8-11-2-1-7-15-11/h3-6,11-12,15H,1-2,7-8,14H2. The molecule has 2 unspecified atom stereocenters. The van der Waals surface area contributed by atoms with E-state index in [9.17, 15) is 0 Å². The van der Waals surface area contributed by atoms with Crippen molar-refractivity contribution in [2.75, 3.05) is 6.54 Å². The van der Waals surface area contributed by atoms with E-state index in [1.165, 1.54) is 18.4 Å². The summed E-state index contributed by atoms with van der Waals surface area (Å²) in [5, 5.41) is 4.23. The van der Waals surface area contributed by atoms with Crippen LogP contribution in [-0.2, 0) is 0 Å². The smallest absolute Gasteiger partial charge is 0.0406 e. The molecule has 1 aromatic rings. The summed E-state index contributed by atoms with van der Waals surface area (Å²) in [6.07, 6.45) is 3.54. The van der Waals surface area contributed by atoms with Gasteiger partial charge in [-0.1, -0.05) is 23.7 Å². The first kappa shape index (κ1) is 10.9. The molecular formula is C12H17ClN2. The third-order valence-corrected chi connectivity index (χ3v) is 3.25. The van der Waals surface area contributed by atoms with Gasteiger partial charge in [-0.25, -0.2) is 0 Å². The molecule has 1 fully saturated rings. The minimum atomic E-state index is 0.123. The molecule has 82 valence electrons. The molecule has 1 aliphatic rings. The molecule has 0 radical (unpaired) electrons. The zero-order valence-electron chi connectivity index (χ0n) is 8.75. The first-order valence-corrected chi connectivity index (χ1v) is 5.88. The fraction of sp³-hybridized carbons (Fsp3) is 0.500. The van der Waals surface area contributed by atoms with Crippen molar-refractivity contribution in [3.8, 4) is 0 Å². The largest absolute Gasteiger partial charge is 0.324 e. The number of halogens is 1. The Balaban J connectivity index is 1.94. The van der Waals surface area contributed by atoms with Crippen molar-refractivity contribution in [3.63, 3.8) is 0 Å². The van der Waals surface area contributed by atoms with Gasteiger partial charge in [0.25, 0.3) is 0 Å². The van der Waals surface area contributed by atoms with Crippen molar-refractivity contribution >= 4 is 11.6 Å². The summed E-state index contributed by atoms with van der Waals surface area (Å²) in [6, 6.07) is 8.55. The van der Waals surface area contributed by atoms with Crippen molar-refractivity contribution in [3.05, 3.63) is 34.9 Å². The van der Waals surface area contributed by atoms with E-state index in [0.717, 1.165) is 18.0 Å². The van der Waals surface area contributed by atoms with E-state index in [-0.39, 0.29) is 6.04 Å². The second kappa shape index (κ2) is 4.97. The zero-order chi connectivity index (χ0) is 10.7. The molecule has 15 heavy (non-hydrogen) atoms. The second-order valence-corrected chi connectivity index (χ2v) is 4.62. The molecular weight excluding hydrogens is 208 g/mol. The van der Waals surface area contributed by atoms with Crippen LogP contribution in [0.4, 0.5) is 0 Å². The Hall–Kier alpha value is -0.570. The van der Waals surface area contributed by atoms with E-state index in [0.29, 0.717) is 6.04 Å². The lowest BCUT2D eigenvalue weighted by Crippen LogP contribution is -2.26. The van der Waals surface area contributed by atoms with Gasteiger partial charge in [0.1, 0.15) is 0 Å². The first-order chi connectivity index (χ1) is 7.25. The number of hydrogen-bond acceptors (Lipinski definition) is 2. The molecule has 1 saturated heterocycles. The Morgan fingerprint density at radius 3 is 2.73 bits per heavy atom. The number of benzene rings is 1. The number of nitrogens with two attached hydrogens (primary N) is 1. The second-order valence-electron chi connectivity index (χ2n) is 4.19. The van der Waals surface area contributed by atoms with E-state index in [2.05, 4.69) is 5.32 Å². The molecule has 0 aromatic heterocycles. The SMILES string of the molecule is NC(CC1CCCN1)c1ccc(Cl)cc1. The van der Waals surface area contributed by atoms with Crippen LogP contribution in [0.15, 0.2) is 24.3 Å². The maximum absolute atomic E-state index is 6.14. The number of rotatable bonds is 3. The number of nitrogens with one attached hydrogen (secondary N) is 1. The maximum Gasteiger partial charge on any atom is 0.0406 e. The Bertz CT molecular complexity index is 304. The highest BCUT2D eigenvalue weighted by molar-refractivity contribution is 6.30. The quantitative estimate of drug-likeness (QED) is 0.828. The van der Waals surface area contributed by atoms with E-state index in [1.54, 1.807) is 0 Å². The fourth-order valence-electron chi connectivity index (χ4n) is 2.11. The molecule has 1 aliphatic heterocycles. The van der Waals surface area contributed by atoms with Crippen LogP contribution in [0.3, 0.4) is 0 Å². The van der Waals surface area contributed by atoms with Gasteiger partial charge in [-0.05, 0) is 43.5 Å². The van der Waals surface area contributed by atoms with Crippen LogP contribution in [0, 0.1) is 0 Å². The van der Waals surface area contributed by atoms with E-state index >= 15 is 0 Å². The average molecular weight is 225 g/mol. The van der Waals surface area contributed by atoms with Crippen LogP contribution in [0.25, 0.3) is 0 Å². The van der Waals surface area contributed by atoms with Crippen LogP contribution in [-0.4, -0.2) is 12.6 Å². The van der Waals surface area contributed by atoms with Crippen LogP contribution in [0.2, 0.25) is 5.02 Å². The molecule has 2 atom stereocenters. The van der Waals surface area contributed by atoms with Gasteiger partial charge in [0.05, 0.1) is 0 Å². The fourth-order valence-corrected chi connectivity index (χ4v) is 2.24. The molecule has 3 heteroatoms. The van der Waals surface area contributed by atoms with Gasteiger partial charge in [0, 0.05) is 17.1 Å². The third kappa shape index (κ3) is 2.94. The highest BCUT2D eigenvalue weighted by Gasteiger charge is 2.17. The van der Waals surface area contributed by atoms with Crippen molar-refractivity contribution in [2.24, 2.45) is 5.73 Å². The van der Waals surface area contributed by atoms with E-state index in [4.69, 9.17) is 17.3 Å². The van der Waals surface area contributed by atoms with Crippen LogP contribution in [0.5, 0.6) is 0 Å².